The molecule has 0 radical (unpaired) electrons. The summed E-state index contributed by atoms with van der Waals surface area (Å²) >= 11 is 0. The summed E-state index contributed by atoms with van der Waals surface area (Å²) in [5.74, 6) is -1.52. The molecule has 1 aliphatic rings. The highest BCUT2D eigenvalue weighted by Crippen LogP contribution is 2.24. The molecule has 1 atom stereocenters. The van der Waals surface area contributed by atoms with E-state index in [1.54, 1.807) is 32.9 Å². The number of hydrogen-bond donors (Lipinski definition) is 3. The van der Waals surface area contributed by atoms with Crippen LogP contribution < -0.4 is 16.4 Å². The average Bonchev–Trinajstić information content (AvgIpc) is 2.79. The molecule has 188 valence electrons. The van der Waals surface area contributed by atoms with Gasteiger partial charge in [-0.15, -0.1) is 0 Å². The van der Waals surface area contributed by atoms with Crippen molar-refractivity contribution in [2.45, 2.75) is 57.2 Å². The molecule has 0 bridgehead atoms. The largest absolute Gasteiger partial charge is 0.444 e. The molecule has 1 unspecified atom stereocenters. The summed E-state index contributed by atoms with van der Waals surface area (Å²) in [6, 6.07) is 12.5. The van der Waals surface area contributed by atoms with Gasteiger partial charge in [0, 0.05) is 32.5 Å². The average molecular weight is 486 g/mol. The fourth-order valence-electron chi connectivity index (χ4n) is 3.86. The van der Waals surface area contributed by atoms with Gasteiger partial charge in [0.15, 0.2) is 0 Å². The molecule has 0 aliphatic carbocycles. The Morgan fingerprint density at radius 3 is 2.09 bits per heavy atom. The van der Waals surface area contributed by atoms with Crippen LogP contribution in [0.2, 0.25) is 0 Å². The van der Waals surface area contributed by atoms with Gasteiger partial charge in [-0.25, -0.2) is 9.18 Å². The smallest absolute Gasteiger partial charge is 0.408 e. The molecule has 1 fully saturated rings. The topological polar surface area (TPSA) is 120 Å². The third kappa shape index (κ3) is 7.26. The van der Waals surface area contributed by atoms with Crippen LogP contribution in [0.5, 0.6) is 0 Å². The number of ether oxygens (including phenoxy) is 2. The lowest BCUT2D eigenvalue weighted by Gasteiger charge is -2.37. The van der Waals surface area contributed by atoms with E-state index in [0.717, 1.165) is 16.7 Å². The van der Waals surface area contributed by atoms with Crippen LogP contribution >= 0.6 is 0 Å². The minimum atomic E-state index is -1.28. The van der Waals surface area contributed by atoms with E-state index in [4.69, 9.17) is 15.2 Å². The second kappa shape index (κ2) is 10.9. The maximum atomic E-state index is 13.3. The highest BCUT2D eigenvalue weighted by atomic mass is 19.1. The number of primary amides is 1. The minimum Gasteiger partial charge on any atom is -0.444 e. The summed E-state index contributed by atoms with van der Waals surface area (Å²) in [5.41, 5.74) is 6.11. The zero-order valence-electron chi connectivity index (χ0n) is 20.2. The molecule has 1 saturated heterocycles. The van der Waals surface area contributed by atoms with Crippen molar-refractivity contribution in [2.24, 2.45) is 5.73 Å². The molecule has 1 aliphatic heterocycles. The first-order valence-electron chi connectivity index (χ1n) is 11.5. The number of amides is 3. The quantitative estimate of drug-likeness (QED) is 0.557. The molecular weight excluding hydrogens is 453 g/mol. The fraction of sp³-hybridized carbons (Fsp3) is 0.423. The number of hydrogen-bond acceptors (Lipinski definition) is 5. The van der Waals surface area contributed by atoms with Crippen LogP contribution in [0.15, 0.2) is 48.5 Å². The Balaban J connectivity index is 1.72. The molecule has 8 nitrogen and oxygen atoms in total. The summed E-state index contributed by atoms with van der Waals surface area (Å²) in [5, 5.41) is 5.41. The lowest BCUT2D eigenvalue weighted by atomic mass is 9.88. The van der Waals surface area contributed by atoms with Gasteiger partial charge in [0.25, 0.3) is 0 Å². The molecule has 0 saturated carbocycles. The van der Waals surface area contributed by atoms with Gasteiger partial charge in [-0.05, 0) is 49.6 Å². The molecular formula is C26H32FN3O5. The maximum absolute atomic E-state index is 13.3. The van der Waals surface area contributed by atoms with Crippen LogP contribution in [0.3, 0.4) is 0 Å². The number of rotatable bonds is 7. The second-order valence-electron chi connectivity index (χ2n) is 9.66. The Morgan fingerprint density at radius 1 is 1.03 bits per heavy atom. The zero-order valence-corrected chi connectivity index (χ0v) is 20.2. The predicted octanol–water partition coefficient (Wildman–Crippen LogP) is 3.08. The van der Waals surface area contributed by atoms with Crippen LogP contribution in [0.1, 0.15) is 39.2 Å². The van der Waals surface area contributed by atoms with Crippen molar-refractivity contribution in [2.75, 3.05) is 13.2 Å². The molecule has 0 spiro atoms. The summed E-state index contributed by atoms with van der Waals surface area (Å²) in [6.45, 7) is 5.74. The molecule has 4 N–H and O–H groups in total. The van der Waals surface area contributed by atoms with Crippen molar-refractivity contribution in [3.8, 4) is 11.1 Å². The molecule has 35 heavy (non-hydrogen) atoms. The first kappa shape index (κ1) is 26.2. The van der Waals surface area contributed by atoms with Crippen molar-refractivity contribution in [1.82, 2.24) is 10.6 Å². The van der Waals surface area contributed by atoms with Gasteiger partial charge in [-0.2, -0.15) is 0 Å². The van der Waals surface area contributed by atoms with Crippen LogP contribution in [-0.4, -0.2) is 48.3 Å². The third-order valence-corrected chi connectivity index (χ3v) is 5.74. The lowest BCUT2D eigenvalue weighted by molar-refractivity contribution is -0.135. The van der Waals surface area contributed by atoms with E-state index in [-0.39, 0.29) is 38.3 Å². The van der Waals surface area contributed by atoms with E-state index in [1.165, 1.54) is 12.1 Å². The number of carbonyl (C=O) groups excluding carboxylic acids is 3. The number of halogens is 1. The number of benzene rings is 2. The summed E-state index contributed by atoms with van der Waals surface area (Å²) < 4.78 is 23.9. The highest BCUT2D eigenvalue weighted by Gasteiger charge is 2.43. The number of carbonyl (C=O) groups is 3. The fourth-order valence-corrected chi connectivity index (χ4v) is 3.86. The van der Waals surface area contributed by atoms with E-state index in [0.29, 0.717) is 0 Å². The van der Waals surface area contributed by atoms with E-state index >= 15 is 0 Å². The molecule has 3 amide bonds. The van der Waals surface area contributed by atoms with Crippen molar-refractivity contribution in [1.29, 1.82) is 0 Å². The molecule has 0 aromatic heterocycles. The first-order valence-corrected chi connectivity index (χ1v) is 11.5. The molecule has 9 heteroatoms. The summed E-state index contributed by atoms with van der Waals surface area (Å²) in [6.07, 6.45) is -0.0862. The van der Waals surface area contributed by atoms with E-state index < -0.39 is 35.1 Å². The second-order valence-corrected chi connectivity index (χ2v) is 9.66. The Kier molecular flexibility index (Phi) is 8.11. The monoisotopic (exact) mass is 485 g/mol. The number of nitrogens with two attached hydrogens (primary N) is 1. The van der Waals surface area contributed by atoms with Crippen LogP contribution in [0.25, 0.3) is 11.1 Å². The first-order chi connectivity index (χ1) is 16.5. The van der Waals surface area contributed by atoms with Crippen molar-refractivity contribution in [3.63, 3.8) is 0 Å². The Morgan fingerprint density at radius 2 is 1.57 bits per heavy atom. The van der Waals surface area contributed by atoms with Gasteiger partial charge in [-0.3, -0.25) is 9.59 Å². The molecule has 2 aromatic carbocycles. The molecule has 1 heterocycles. The Bertz CT molecular complexity index is 1040. The lowest BCUT2D eigenvalue weighted by Crippen LogP contribution is -2.64. The Labute approximate surface area is 204 Å². The van der Waals surface area contributed by atoms with Crippen molar-refractivity contribution < 1.29 is 28.2 Å². The van der Waals surface area contributed by atoms with Crippen LogP contribution in [0.4, 0.5) is 9.18 Å². The van der Waals surface area contributed by atoms with Crippen LogP contribution in [-0.2, 0) is 25.5 Å². The highest BCUT2D eigenvalue weighted by molar-refractivity contribution is 5.94. The van der Waals surface area contributed by atoms with Crippen LogP contribution in [0, 0.1) is 5.82 Å². The molecule has 3 rings (SSSR count). The zero-order chi connectivity index (χ0) is 25.6. The van der Waals surface area contributed by atoms with E-state index in [2.05, 4.69) is 10.6 Å². The normalized spacial score (nSPS) is 16.1. The summed E-state index contributed by atoms with van der Waals surface area (Å²) in [4.78, 5) is 38.0. The third-order valence-electron chi connectivity index (χ3n) is 5.74. The number of alkyl carbamates (subject to hydrolysis) is 1. The Hall–Kier alpha value is -3.46. The SMILES string of the molecule is CC(C)(C)OC(=O)NC1(C(=O)NC(Cc2ccc(-c3ccc(F)cc3)cc2)C(N)=O)CCOCC1. The van der Waals surface area contributed by atoms with Gasteiger partial charge < -0.3 is 25.8 Å². The minimum absolute atomic E-state index is 0.170. The predicted molar refractivity (Wildman–Crippen MR) is 129 cm³/mol. The van der Waals surface area contributed by atoms with Gasteiger partial charge >= 0.3 is 6.09 Å². The summed E-state index contributed by atoms with van der Waals surface area (Å²) in [7, 11) is 0. The van der Waals surface area contributed by atoms with Gasteiger partial charge in [0.1, 0.15) is 23.0 Å². The van der Waals surface area contributed by atoms with E-state index in [9.17, 15) is 18.8 Å². The van der Waals surface area contributed by atoms with Gasteiger partial charge in [0.2, 0.25) is 11.8 Å². The van der Waals surface area contributed by atoms with Gasteiger partial charge in [0.05, 0.1) is 0 Å². The van der Waals surface area contributed by atoms with E-state index in [1.807, 2.05) is 24.3 Å². The maximum Gasteiger partial charge on any atom is 0.408 e. The van der Waals surface area contributed by atoms with Crippen molar-refractivity contribution in [3.05, 3.63) is 59.9 Å². The molecule has 2 aromatic rings. The van der Waals surface area contributed by atoms with Gasteiger partial charge in [-0.1, -0.05) is 36.4 Å². The number of nitrogens with one attached hydrogen (secondary N) is 2. The standard InChI is InChI=1S/C26H32FN3O5/c1-25(2,3)35-24(33)30-26(12-14-34-15-13-26)23(32)29-21(22(28)31)16-17-4-6-18(7-5-17)19-8-10-20(27)11-9-19/h4-11,21H,12-16H2,1-3H3,(H2,28,31)(H,29,32)(H,30,33). The van der Waals surface area contributed by atoms with Crippen molar-refractivity contribution >= 4 is 17.9 Å².